The molecule has 0 spiro atoms. The monoisotopic (exact) mass is 265 g/mol. The van der Waals surface area contributed by atoms with Gasteiger partial charge < -0.3 is 5.11 Å². The number of aliphatic hydroxyl groups is 1. The fraction of sp³-hybridized carbons (Fsp3) is 0.214. The van der Waals surface area contributed by atoms with Gasteiger partial charge in [0.05, 0.1) is 5.69 Å². The molecule has 1 aromatic carbocycles. The van der Waals surface area contributed by atoms with Crippen LogP contribution in [0.2, 0.25) is 5.02 Å². The van der Waals surface area contributed by atoms with Crippen molar-refractivity contribution >= 4 is 11.6 Å². The van der Waals surface area contributed by atoms with Crippen LogP contribution in [0.25, 0.3) is 0 Å². The third kappa shape index (κ3) is 3.06. The first-order chi connectivity index (χ1) is 8.56. The van der Waals surface area contributed by atoms with Gasteiger partial charge in [0.15, 0.2) is 0 Å². The lowest BCUT2D eigenvalue weighted by atomic mass is 10.0. The van der Waals surface area contributed by atoms with Gasteiger partial charge in [0.25, 0.3) is 0 Å². The molecule has 0 aliphatic carbocycles. The Kier molecular flexibility index (Phi) is 3.94. The summed E-state index contributed by atoms with van der Waals surface area (Å²) in [6.45, 7) is 1.92. The molecule has 2 aromatic rings. The van der Waals surface area contributed by atoms with E-state index in [-0.39, 0.29) is 6.42 Å². The summed E-state index contributed by atoms with van der Waals surface area (Å²) in [6.07, 6.45) is 0.992. The zero-order chi connectivity index (χ0) is 13.1. The first-order valence-electron chi connectivity index (χ1n) is 5.61. The number of nitrogens with zero attached hydrogens (tertiary/aromatic N) is 1. The normalized spacial score (nSPS) is 12.4. The number of benzene rings is 1. The molecule has 0 saturated carbocycles. The summed E-state index contributed by atoms with van der Waals surface area (Å²) in [4.78, 5) is 4.08. The molecule has 0 saturated heterocycles. The van der Waals surface area contributed by atoms with Crippen molar-refractivity contribution in [1.29, 1.82) is 0 Å². The average Bonchev–Trinajstić information content (AvgIpc) is 2.32. The van der Waals surface area contributed by atoms with Gasteiger partial charge in [-0.05, 0) is 42.3 Å². The summed E-state index contributed by atoms with van der Waals surface area (Å²) in [7, 11) is 0. The zero-order valence-electron chi connectivity index (χ0n) is 9.90. The molecule has 4 heteroatoms. The van der Waals surface area contributed by atoms with Crippen LogP contribution in [0, 0.1) is 12.7 Å². The van der Waals surface area contributed by atoms with Gasteiger partial charge in [0.2, 0.25) is 0 Å². The summed E-state index contributed by atoms with van der Waals surface area (Å²) in [5.41, 5.74) is 1.98. The first kappa shape index (κ1) is 13.0. The lowest BCUT2D eigenvalue weighted by Crippen LogP contribution is -2.05. The van der Waals surface area contributed by atoms with E-state index in [9.17, 15) is 9.50 Å². The Morgan fingerprint density at radius 2 is 2.11 bits per heavy atom. The van der Waals surface area contributed by atoms with Crippen molar-refractivity contribution in [3.63, 3.8) is 0 Å². The molecule has 2 rings (SSSR count). The molecule has 0 amide bonds. The molecule has 94 valence electrons. The molecule has 0 bridgehead atoms. The molecule has 1 atom stereocenters. The maximum Gasteiger partial charge on any atom is 0.127 e. The summed E-state index contributed by atoms with van der Waals surface area (Å²) in [5.74, 6) is -0.408. The van der Waals surface area contributed by atoms with Crippen LogP contribution in [0.15, 0.2) is 36.5 Å². The smallest absolute Gasteiger partial charge is 0.127 e. The summed E-state index contributed by atoms with van der Waals surface area (Å²) < 4.78 is 13.6. The van der Waals surface area contributed by atoms with Gasteiger partial charge in [-0.25, -0.2) is 4.39 Å². The molecule has 0 fully saturated rings. The molecule has 1 heterocycles. The molecule has 1 aromatic heterocycles. The zero-order valence-corrected chi connectivity index (χ0v) is 10.7. The van der Waals surface area contributed by atoms with Crippen molar-refractivity contribution < 1.29 is 9.50 Å². The highest BCUT2D eigenvalue weighted by Crippen LogP contribution is 2.21. The standard InChI is InChI=1S/C14H13ClFNO/c1-9-4-5-17-13(6-9)14(18)7-10-2-3-11(15)8-12(10)16/h2-6,8,14,18H,7H2,1H3. The number of aliphatic hydroxyl groups excluding tert-OH is 1. The molecule has 1 unspecified atom stereocenters. The number of hydrogen-bond donors (Lipinski definition) is 1. The van der Waals surface area contributed by atoms with E-state index in [1.54, 1.807) is 24.4 Å². The molecular formula is C14H13ClFNO. The van der Waals surface area contributed by atoms with Crippen LogP contribution in [0.1, 0.15) is 22.9 Å². The van der Waals surface area contributed by atoms with E-state index in [1.165, 1.54) is 6.07 Å². The Balaban J connectivity index is 2.18. The van der Waals surface area contributed by atoms with E-state index in [1.807, 2.05) is 13.0 Å². The molecule has 1 N–H and O–H groups in total. The van der Waals surface area contributed by atoms with Crippen LogP contribution < -0.4 is 0 Å². The van der Waals surface area contributed by atoms with E-state index in [2.05, 4.69) is 4.98 Å². The van der Waals surface area contributed by atoms with Gasteiger partial charge in [-0.2, -0.15) is 0 Å². The van der Waals surface area contributed by atoms with Crippen LogP contribution in [-0.2, 0) is 6.42 Å². The van der Waals surface area contributed by atoms with Crippen LogP contribution in [0.3, 0.4) is 0 Å². The van der Waals surface area contributed by atoms with Crippen molar-refractivity contribution in [2.24, 2.45) is 0 Å². The van der Waals surface area contributed by atoms with Gasteiger partial charge in [0.1, 0.15) is 11.9 Å². The Bertz CT molecular complexity index is 559. The molecule has 0 aliphatic heterocycles. The quantitative estimate of drug-likeness (QED) is 0.922. The van der Waals surface area contributed by atoms with E-state index in [0.717, 1.165) is 5.56 Å². The second kappa shape index (κ2) is 5.46. The fourth-order valence-electron chi connectivity index (χ4n) is 1.74. The van der Waals surface area contributed by atoms with E-state index >= 15 is 0 Å². The predicted octanol–water partition coefficient (Wildman–Crippen LogP) is 3.46. The number of pyridine rings is 1. The molecule has 0 radical (unpaired) electrons. The van der Waals surface area contributed by atoms with E-state index in [4.69, 9.17) is 11.6 Å². The third-order valence-electron chi connectivity index (χ3n) is 2.71. The Morgan fingerprint density at radius 1 is 1.33 bits per heavy atom. The highest BCUT2D eigenvalue weighted by atomic mass is 35.5. The second-order valence-corrected chi connectivity index (χ2v) is 4.65. The van der Waals surface area contributed by atoms with Gasteiger partial charge in [-0.15, -0.1) is 0 Å². The van der Waals surface area contributed by atoms with Crippen molar-refractivity contribution in [1.82, 2.24) is 4.98 Å². The predicted molar refractivity (Wildman–Crippen MR) is 69.0 cm³/mol. The minimum absolute atomic E-state index is 0.180. The van der Waals surface area contributed by atoms with Crippen LogP contribution in [-0.4, -0.2) is 10.1 Å². The Hall–Kier alpha value is -1.45. The molecule has 18 heavy (non-hydrogen) atoms. The Morgan fingerprint density at radius 3 is 2.78 bits per heavy atom. The second-order valence-electron chi connectivity index (χ2n) is 4.21. The number of aryl methyl sites for hydroxylation is 1. The first-order valence-corrected chi connectivity index (χ1v) is 5.98. The van der Waals surface area contributed by atoms with Gasteiger partial charge in [0, 0.05) is 17.6 Å². The summed E-state index contributed by atoms with van der Waals surface area (Å²) >= 11 is 5.68. The minimum atomic E-state index is -0.819. The number of aromatic nitrogens is 1. The highest BCUT2D eigenvalue weighted by molar-refractivity contribution is 6.30. The van der Waals surface area contributed by atoms with Crippen molar-refractivity contribution in [2.75, 3.05) is 0 Å². The van der Waals surface area contributed by atoms with Crippen molar-refractivity contribution in [3.05, 3.63) is 64.2 Å². The number of rotatable bonds is 3. The summed E-state index contributed by atoms with van der Waals surface area (Å²) in [5, 5.41) is 10.4. The fourth-order valence-corrected chi connectivity index (χ4v) is 1.90. The average molecular weight is 266 g/mol. The highest BCUT2D eigenvalue weighted by Gasteiger charge is 2.13. The van der Waals surface area contributed by atoms with E-state index < -0.39 is 11.9 Å². The van der Waals surface area contributed by atoms with Crippen molar-refractivity contribution in [2.45, 2.75) is 19.4 Å². The molecular weight excluding hydrogens is 253 g/mol. The lowest BCUT2D eigenvalue weighted by Gasteiger charge is -2.11. The van der Waals surface area contributed by atoms with E-state index in [0.29, 0.717) is 16.3 Å². The largest absolute Gasteiger partial charge is 0.386 e. The molecule has 0 aliphatic rings. The van der Waals surface area contributed by atoms with Gasteiger partial charge >= 0.3 is 0 Å². The summed E-state index contributed by atoms with van der Waals surface area (Å²) in [6, 6.07) is 8.07. The number of halogens is 2. The van der Waals surface area contributed by atoms with Gasteiger partial charge in [-0.1, -0.05) is 17.7 Å². The maximum absolute atomic E-state index is 13.6. The Labute approximate surface area is 110 Å². The van der Waals surface area contributed by atoms with Crippen LogP contribution >= 0.6 is 11.6 Å². The maximum atomic E-state index is 13.6. The van der Waals surface area contributed by atoms with Crippen molar-refractivity contribution in [3.8, 4) is 0 Å². The third-order valence-corrected chi connectivity index (χ3v) is 2.94. The van der Waals surface area contributed by atoms with Crippen LogP contribution in [0.5, 0.6) is 0 Å². The SMILES string of the molecule is Cc1ccnc(C(O)Cc2ccc(Cl)cc2F)c1. The lowest BCUT2D eigenvalue weighted by molar-refractivity contribution is 0.172. The minimum Gasteiger partial charge on any atom is -0.386 e. The number of hydrogen-bond acceptors (Lipinski definition) is 2. The van der Waals surface area contributed by atoms with Gasteiger partial charge in [-0.3, -0.25) is 4.98 Å². The molecule has 2 nitrogen and oxygen atoms in total. The topological polar surface area (TPSA) is 33.1 Å². The van der Waals surface area contributed by atoms with Crippen LogP contribution in [0.4, 0.5) is 4.39 Å².